The Morgan fingerprint density at radius 3 is 1.48 bits per heavy atom. The second kappa shape index (κ2) is 32.7. The minimum Gasteiger partial charge on any atom is -0.463 e. The lowest BCUT2D eigenvalue weighted by Crippen LogP contribution is -2.74. The lowest BCUT2D eigenvalue weighted by molar-refractivity contribution is -0.484. The Balaban J connectivity index is 1.05. The fraction of sp³-hybridized carbons (Fsp3) is 0.417. The SMILES string of the molecule is CO[C@@]1(C)O[C@H]2[C@H](O[C@]1(C)OC)[C@H](O)[C@@H](O[C@H]1[C@H](O[C@@H]3O[C@H](COC(=O)c4ccccc4)[C@@H](OC(=O)c4ccccc4)[C@H](OC(=O)c4ccccc4)[C@H]3OC(=O)c3ccccc3)[C@@H]3O[C@@H](O[C@H]3COC(C)=O)[C@H]1OCc1ccccc1)O[C@@H]2[C@H](COCc1ccccc1)OC(=O)CCl. The number of methoxy groups -OCH3 is 2. The van der Waals surface area contributed by atoms with Crippen LogP contribution in [-0.2, 0) is 108 Å². The molecule has 6 aromatic rings. The van der Waals surface area contributed by atoms with Gasteiger partial charge in [0.1, 0.15) is 80.1 Å². The molecule has 5 aliphatic rings. The topological polar surface area (TPSA) is 289 Å². The Hall–Kier alpha value is -8.09. The molecule has 5 saturated heterocycles. The fourth-order valence-corrected chi connectivity index (χ4v) is 12.1. The maximum Gasteiger partial charge on any atom is 0.338 e. The first-order valence-electron chi connectivity index (χ1n) is 31.7. The highest BCUT2D eigenvalue weighted by Crippen LogP contribution is 2.47. The average molecular weight is 1380 g/mol. The maximum absolute atomic E-state index is 14.9. The number of hydrogen-bond donors (Lipinski definition) is 1. The number of benzene rings is 6. The Kier molecular flexibility index (Phi) is 23.8. The minimum absolute atomic E-state index is 0.00211. The van der Waals surface area contributed by atoms with Crippen LogP contribution in [0.1, 0.15) is 73.3 Å². The largest absolute Gasteiger partial charge is 0.463 e. The first-order chi connectivity index (χ1) is 47.5. The van der Waals surface area contributed by atoms with Crippen molar-refractivity contribution in [3.8, 4) is 0 Å². The van der Waals surface area contributed by atoms with Gasteiger partial charge in [0.25, 0.3) is 0 Å². The van der Waals surface area contributed by atoms with Gasteiger partial charge in [-0.3, -0.25) is 9.59 Å². The number of alkyl halides is 1. The van der Waals surface area contributed by atoms with Crippen molar-refractivity contribution in [1.82, 2.24) is 0 Å². The molecular formula is C72H75ClO25. The number of fused-ring (bicyclic) bond motifs is 3. The summed E-state index contributed by atoms with van der Waals surface area (Å²) in [6, 6.07) is 49.5. The normalized spacial score (nSPS) is 30.5. The summed E-state index contributed by atoms with van der Waals surface area (Å²) in [6.45, 7) is 2.58. The Bertz CT molecular complexity index is 3600. The highest BCUT2D eigenvalue weighted by Gasteiger charge is 2.66. The zero-order chi connectivity index (χ0) is 68.9. The molecule has 6 aromatic carbocycles. The lowest BCUT2D eigenvalue weighted by atomic mass is 9.91. The van der Waals surface area contributed by atoms with E-state index in [0.29, 0.717) is 5.56 Å². The molecule has 520 valence electrons. The van der Waals surface area contributed by atoms with Crippen LogP contribution < -0.4 is 0 Å². The van der Waals surface area contributed by atoms with Gasteiger partial charge in [-0.2, -0.15) is 0 Å². The Morgan fingerprint density at radius 1 is 0.490 bits per heavy atom. The number of halogens is 1. The van der Waals surface area contributed by atoms with Crippen LogP contribution in [0.15, 0.2) is 182 Å². The van der Waals surface area contributed by atoms with E-state index in [1.54, 1.807) is 104 Å². The van der Waals surface area contributed by atoms with Crippen LogP contribution in [0.3, 0.4) is 0 Å². The fourth-order valence-electron chi connectivity index (χ4n) is 12.0. The van der Waals surface area contributed by atoms with E-state index >= 15 is 0 Å². The van der Waals surface area contributed by atoms with Gasteiger partial charge in [0, 0.05) is 21.1 Å². The Morgan fingerprint density at radius 2 is 0.959 bits per heavy atom. The summed E-state index contributed by atoms with van der Waals surface area (Å²) < 4.78 is 117. The third-order valence-electron chi connectivity index (χ3n) is 17.3. The molecule has 2 bridgehead atoms. The van der Waals surface area contributed by atoms with Gasteiger partial charge >= 0.3 is 35.8 Å². The third kappa shape index (κ3) is 16.6. The molecule has 0 amide bonds. The quantitative estimate of drug-likeness (QED) is 0.0302. The summed E-state index contributed by atoms with van der Waals surface area (Å²) in [5, 5.41) is 13.0. The molecule has 1 N–H and O–H groups in total. The van der Waals surface area contributed by atoms with E-state index in [1.807, 2.05) is 36.4 Å². The van der Waals surface area contributed by atoms with Crippen LogP contribution in [0.2, 0.25) is 0 Å². The van der Waals surface area contributed by atoms with Crippen LogP contribution in [0.4, 0.5) is 0 Å². The van der Waals surface area contributed by atoms with Crippen LogP contribution in [0.25, 0.3) is 0 Å². The highest BCUT2D eigenvalue weighted by atomic mass is 35.5. The van der Waals surface area contributed by atoms with Crippen molar-refractivity contribution in [3.05, 3.63) is 215 Å². The van der Waals surface area contributed by atoms with Crippen molar-refractivity contribution in [3.63, 3.8) is 0 Å². The van der Waals surface area contributed by atoms with Gasteiger partial charge < -0.3 is 90.4 Å². The van der Waals surface area contributed by atoms with E-state index in [0.717, 1.165) is 5.56 Å². The second-order valence-electron chi connectivity index (χ2n) is 23.7. The van der Waals surface area contributed by atoms with E-state index in [1.165, 1.54) is 76.6 Å². The number of hydrogen-bond acceptors (Lipinski definition) is 25. The molecule has 5 fully saturated rings. The summed E-state index contributed by atoms with van der Waals surface area (Å²) >= 11 is 6.13. The minimum atomic E-state index is -2.04. The summed E-state index contributed by atoms with van der Waals surface area (Å²) in [5.41, 5.74) is 1.61. The highest BCUT2D eigenvalue weighted by molar-refractivity contribution is 6.26. The van der Waals surface area contributed by atoms with Gasteiger partial charge in [0.2, 0.25) is 11.6 Å². The molecule has 0 spiro atoms. The average Bonchev–Trinajstić information content (AvgIpc) is 0.885. The number of rotatable bonds is 27. The summed E-state index contributed by atoms with van der Waals surface area (Å²) in [5.74, 6) is -9.52. The van der Waals surface area contributed by atoms with Gasteiger partial charge in [-0.25, -0.2) is 19.2 Å². The smallest absolute Gasteiger partial charge is 0.338 e. The monoisotopic (exact) mass is 1370 g/mol. The zero-order valence-corrected chi connectivity index (χ0v) is 54.8. The number of aliphatic hydroxyl groups is 1. The summed E-state index contributed by atoms with van der Waals surface area (Å²) in [6.07, 6.45) is -27.9. The van der Waals surface area contributed by atoms with Crippen LogP contribution in [0.5, 0.6) is 0 Å². The third-order valence-corrected chi connectivity index (χ3v) is 17.5. The van der Waals surface area contributed by atoms with E-state index in [-0.39, 0.29) is 42.1 Å². The molecule has 0 aliphatic carbocycles. The van der Waals surface area contributed by atoms with Gasteiger partial charge in [0.15, 0.2) is 43.3 Å². The van der Waals surface area contributed by atoms with E-state index in [9.17, 15) is 33.9 Å². The predicted molar refractivity (Wildman–Crippen MR) is 339 cm³/mol. The number of esters is 6. The molecule has 0 unspecified atom stereocenters. The van der Waals surface area contributed by atoms with Crippen molar-refractivity contribution in [1.29, 1.82) is 0 Å². The van der Waals surface area contributed by atoms with Crippen molar-refractivity contribution in [2.24, 2.45) is 0 Å². The van der Waals surface area contributed by atoms with Crippen LogP contribution in [0, 0.1) is 0 Å². The van der Waals surface area contributed by atoms with Gasteiger partial charge in [-0.05, 0) is 73.5 Å². The molecule has 0 radical (unpaired) electrons. The van der Waals surface area contributed by atoms with Crippen LogP contribution >= 0.6 is 11.6 Å². The first kappa shape index (κ1) is 71.2. The molecule has 5 aliphatic heterocycles. The zero-order valence-electron chi connectivity index (χ0n) is 54.0. The summed E-state index contributed by atoms with van der Waals surface area (Å²) in [4.78, 5) is 84.4. The lowest BCUT2D eigenvalue weighted by Gasteiger charge is -2.57. The molecule has 19 atom stereocenters. The number of carbonyl (C=O) groups is 6. The molecule has 0 aromatic heterocycles. The molecule has 98 heavy (non-hydrogen) atoms. The summed E-state index contributed by atoms with van der Waals surface area (Å²) in [7, 11) is 2.71. The van der Waals surface area contributed by atoms with E-state index < -0.39 is 171 Å². The van der Waals surface area contributed by atoms with Gasteiger partial charge in [0.05, 0.1) is 42.1 Å². The molecule has 5 heterocycles. The number of carbonyl (C=O) groups excluding carboxylic acids is 6. The molecule has 25 nitrogen and oxygen atoms in total. The first-order valence-corrected chi connectivity index (χ1v) is 32.2. The van der Waals surface area contributed by atoms with Gasteiger partial charge in [-0.15, -0.1) is 11.6 Å². The van der Waals surface area contributed by atoms with Crippen molar-refractivity contribution in [2.45, 2.75) is 150 Å². The van der Waals surface area contributed by atoms with Gasteiger partial charge in [-0.1, -0.05) is 133 Å². The second-order valence-corrected chi connectivity index (χ2v) is 24.0. The predicted octanol–water partition coefficient (Wildman–Crippen LogP) is 7.25. The van der Waals surface area contributed by atoms with Crippen molar-refractivity contribution >= 4 is 47.4 Å². The molecular weight excluding hydrogens is 1300 g/mol. The van der Waals surface area contributed by atoms with Crippen molar-refractivity contribution in [2.75, 3.05) is 39.9 Å². The van der Waals surface area contributed by atoms with Crippen LogP contribution in [-0.4, -0.2) is 197 Å². The standard InChI is InChI=1S/C72H75ClO25/c1-42(74)84-40-50-55-58(96-70-63(92-67(80)48-34-22-11-23-35-48)59(91-66(79)47-32-20-10-21-33-47)54(90-65(78)46-30-18-9-19-31-46)51(89-70)41-86-64(77)45-28-16-8-17-29-45)60(62(69(88-50)94-55)85-38-44-26-14-7-15-27-44)95-68-53(76)57-61(98-72(3,82-5)71(2,81-4)97-57)56(93-68)49(87-52(75)36-73)39-83-37-43-24-12-6-13-25-43/h6-35,49-51,53-63,68-70,76H,36-41H2,1-5H3/t49-,50-,51+,53-,54+,55+,56+,57+,58+,59-,60-,61+,62-,63+,68+,69+,70-,71-,72-/m0/s1. The molecule has 0 saturated carbocycles. The number of ether oxygens (including phenoxy) is 18. The molecule has 11 rings (SSSR count). The number of aliphatic hydroxyl groups excluding tert-OH is 1. The Labute approximate surface area is 569 Å². The van der Waals surface area contributed by atoms with E-state index in [4.69, 9.17) is 96.9 Å². The molecule has 26 heteroatoms. The maximum atomic E-state index is 14.9. The van der Waals surface area contributed by atoms with Crippen molar-refractivity contribution < 1.29 is 119 Å². The van der Waals surface area contributed by atoms with E-state index in [2.05, 4.69) is 0 Å².